The molecule has 0 fully saturated rings. The zero-order valence-electron chi connectivity index (χ0n) is 17.7. The summed E-state index contributed by atoms with van der Waals surface area (Å²) in [5.41, 5.74) is 1.88. The molecule has 7 heteroatoms. The molecule has 0 aliphatic carbocycles. The summed E-state index contributed by atoms with van der Waals surface area (Å²) in [5, 5.41) is 2.73. The van der Waals surface area contributed by atoms with Crippen LogP contribution in [0.5, 0.6) is 5.75 Å². The predicted molar refractivity (Wildman–Crippen MR) is 119 cm³/mol. The van der Waals surface area contributed by atoms with Crippen molar-refractivity contribution in [2.75, 3.05) is 13.2 Å². The number of likely N-dealkylation sites (N-methyl/N-ethyl adjacent to an activating group) is 1. The van der Waals surface area contributed by atoms with Crippen LogP contribution in [0.3, 0.4) is 0 Å². The Morgan fingerprint density at radius 2 is 1.80 bits per heavy atom. The second kappa shape index (κ2) is 11.1. The van der Waals surface area contributed by atoms with Gasteiger partial charge in [0.25, 0.3) is 5.91 Å². The fraction of sp³-hybridized carbons (Fsp3) is 0.391. The molecule has 0 saturated carbocycles. The largest absolute Gasteiger partial charge is 0.483 e. The van der Waals surface area contributed by atoms with Gasteiger partial charge in [-0.15, -0.1) is 0 Å². The minimum atomic E-state index is -0.696. The van der Waals surface area contributed by atoms with Crippen LogP contribution in [0.2, 0.25) is 0 Å². The van der Waals surface area contributed by atoms with Crippen molar-refractivity contribution in [3.63, 3.8) is 0 Å². The Morgan fingerprint density at radius 1 is 1.13 bits per heavy atom. The topological polar surface area (TPSA) is 58.6 Å². The van der Waals surface area contributed by atoms with Gasteiger partial charge in [0.1, 0.15) is 17.6 Å². The summed E-state index contributed by atoms with van der Waals surface area (Å²) in [4.78, 5) is 26.7. The molecule has 30 heavy (non-hydrogen) atoms. The van der Waals surface area contributed by atoms with Crippen molar-refractivity contribution in [1.29, 1.82) is 0 Å². The van der Waals surface area contributed by atoms with Crippen LogP contribution >= 0.6 is 15.9 Å². The highest BCUT2D eigenvalue weighted by atomic mass is 79.9. The zero-order chi connectivity index (χ0) is 22.3. The quantitative estimate of drug-likeness (QED) is 0.570. The van der Waals surface area contributed by atoms with E-state index < -0.39 is 6.04 Å². The Morgan fingerprint density at radius 3 is 2.37 bits per heavy atom. The van der Waals surface area contributed by atoms with Crippen molar-refractivity contribution in [2.24, 2.45) is 0 Å². The van der Waals surface area contributed by atoms with E-state index in [1.165, 1.54) is 17.0 Å². The molecule has 162 valence electrons. The second-order valence-electron chi connectivity index (χ2n) is 7.35. The first-order valence-corrected chi connectivity index (χ1v) is 10.8. The molecule has 0 saturated heterocycles. The summed E-state index contributed by atoms with van der Waals surface area (Å²) in [7, 11) is 0. The van der Waals surface area contributed by atoms with E-state index in [1.54, 1.807) is 19.1 Å². The molecule has 0 bridgehead atoms. The van der Waals surface area contributed by atoms with E-state index in [0.717, 1.165) is 15.6 Å². The lowest BCUT2D eigenvalue weighted by Crippen LogP contribution is -2.49. The average Bonchev–Trinajstić information content (AvgIpc) is 2.71. The number of carbonyl (C=O) groups excluding carboxylic acids is 2. The number of ether oxygens (including phenoxy) is 1. The van der Waals surface area contributed by atoms with Gasteiger partial charge in [0.2, 0.25) is 5.91 Å². The molecule has 0 spiro atoms. The Bertz CT molecular complexity index is 871. The first kappa shape index (κ1) is 23.9. The molecule has 5 nitrogen and oxygen atoms in total. The summed E-state index contributed by atoms with van der Waals surface area (Å²) in [6, 6.07) is 10.9. The molecule has 0 radical (unpaired) electrons. The van der Waals surface area contributed by atoms with Crippen molar-refractivity contribution in [3.8, 4) is 5.75 Å². The fourth-order valence-corrected chi connectivity index (χ4v) is 3.42. The van der Waals surface area contributed by atoms with Gasteiger partial charge in [-0.2, -0.15) is 0 Å². The Hall–Kier alpha value is -2.41. The van der Waals surface area contributed by atoms with Gasteiger partial charge in [-0.3, -0.25) is 9.59 Å². The molecule has 1 unspecified atom stereocenters. The highest BCUT2D eigenvalue weighted by Gasteiger charge is 2.26. The van der Waals surface area contributed by atoms with Crippen LogP contribution < -0.4 is 10.1 Å². The lowest BCUT2D eigenvalue weighted by molar-refractivity contribution is -0.142. The summed E-state index contributed by atoms with van der Waals surface area (Å²) < 4.78 is 19.7. The number of carbonyl (C=O) groups is 2. The van der Waals surface area contributed by atoms with Gasteiger partial charge in [-0.25, -0.2) is 4.39 Å². The highest BCUT2D eigenvalue weighted by Crippen LogP contribution is 2.29. The summed E-state index contributed by atoms with van der Waals surface area (Å²) in [6.07, 6.45) is 0. The van der Waals surface area contributed by atoms with Crippen LogP contribution in [0.25, 0.3) is 0 Å². The number of benzene rings is 2. The van der Waals surface area contributed by atoms with Gasteiger partial charge in [-0.05, 0) is 71.1 Å². The molecule has 2 rings (SSSR count). The molecule has 2 amide bonds. The van der Waals surface area contributed by atoms with Gasteiger partial charge < -0.3 is 15.0 Å². The normalized spacial score (nSPS) is 11.8. The van der Waals surface area contributed by atoms with Gasteiger partial charge >= 0.3 is 0 Å². The van der Waals surface area contributed by atoms with Gasteiger partial charge in [0, 0.05) is 13.1 Å². The maximum Gasteiger partial charge on any atom is 0.261 e. The number of nitrogens with zero attached hydrogens (tertiary/aromatic N) is 1. The SMILES string of the molecule is CCNC(=O)C(C)N(Cc1ccc(F)cc1)C(=O)COc1ccc(C(C)C)cc1Br. The number of rotatable bonds is 9. The average molecular weight is 479 g/mol. The standard InChI is InChI=1S/C23H28BrFN2O3/c1-5-26-23(29)16(4)27(13-17-6-9-19(25)10-7-17)22(28)14-30-21-11-8-18(15(2)3)12-20(21)24/h6-12,15-16H,5,13-14H2,1-4H3,(H,26,29). The van der Waals surface area contributed by atoms with E-state index in [0.29, 0.717) is 18.2 Å². The fourth-order valence-electron chi connectivity index (χ4n) is 2.91. The Balaban J connectivity index is 2.15. The molecular weight excluding hydrogens is 451 g/mol. The molecule has 1 N–H and O–H groups in total. The van der Waals surface area contributed by atoms with Gasteiger partial charge in [-0.1, -0.05) is 32.0 Å². The first-order valence-electron chi connectivity index (χ1n) is 9.96. The molecule has 2 aromatic rings. The van der Waals surface area contributed by atoms with Crippen molar-refractivity contribution < 1.29 is 18.7 Å². The number of halogens is 2. The van der Waals surface area contributed by atoms with E-state index in [9.17, 15) is 14.0 Å². The van der Waals surface area contributed by atoms with Crippen LogP contribution in [0, 0.1) is 5.82 Å². The van der Waals surface area contributed by atoms with Crippen LogP contribution in [0.15, 0.2) is 46.9 Å². The van der Waals surface area contributed by atoms with E-state index in [-0.39, 0.29) is 30.8 Å². The van der Waals surface area contributed by atoms with E-state index in [1.807, 2.05) is 25.1 Å². The second-order valence-corrected chi connectivity index (χ2v) is 8.21. The van der Waals surface area contributed by atoms with E-state index in [2.05, 4.69) is 35.1 Å². The maximum atomic E-state index is 13.2. The third kappa shape index (κ3) is 6.55. The number of nitrogens with one attached hydrogen (secondary N) is 1. The lowest BCUT2D eigenvalue weighted by atomic mass is 10.0. The van der Waals surface area contributed by atoms with Crippen molar-refractivity contribution >= 4 is 27.7 Å². The number of amides is 2. The predicted octanol–water partition coefficient (Wildman–Crippen LogP) is 4.64. The molecule has 1 atom stereocenters. The Labute approximate surface area is 185 Å². The molecule has 0 aliphatic rings. The van der Waals surface area contributed by atoms with Crippen molar-refractivity contribution in [3.05, 3.63) is 63.9 Å². The van der Waals surface area contributed by atoms with Crippen LogP contribution in [-0.4, -0.2) is 35.9 Å². The molecule has 0 aliphatic heterocycles. The minimum absolute atomic E-state index is 0.175. The lowest BCUT2D eigenvalue weighted by Gasteiger charge is -2.28. The third-order valence-electron chi connectivity index (χ3n) is 4.76. The molecule has 2 aromatic carbocycles. The van der Waals surface area contributed by atoms with E-state index in [4.69, 9.17) is 4.74 Å². The maximum absolute atomic E-state index is 13.2. The zero-order valence-corrected chi connectivity index (χ0v) is 19.3. The van der Waals surface area contributed by atoms with Crippen LogP contribution in [0.4, 0.5) is 4.39 Å². The smallest absolute Gasteiger partial charge is 0.261 e. The highest BCUT2D eigenvalue weighted by molar-refractivity contribution is 9.10. The Kier molecular flexibility index (Phi) is 8.84. The molecular formula is C23H28BrFN2O3. The van der Waals surface area contributed by atoms with Crippen molar-refractivity contribution in [2.45, 2.75) is 46.2 Å². The number of hydrogen-bond acceptors (Lipinski definition) is 3. The molecule has 0 heterocycles. The van der Waals surface area contributed by atoms with Crippen LogP contribution in [-0.2, 0) is 16.1 Å². The number of hydrogen-bond donors (Lipinski definition) is 1. The van der Waals surface area contributed by atoms with Crippen molar-refractivity contribution in [1.82, 2.24) is 10.2 Å². The summed E-state index contributed by atoms with van der Waals surface area (Å²) in [5.74, 6) is -0.0129. The van der Waals surface area contributed by atoms with Gasteiger partial charge in [0.15, 0.2) is 6.61 Å². The van der Waals surface area contributed by atoms with Gasteiger partial charge in [0.05, 0.1) is 4.47 Å². The monoisotopic (exact) mass is 478 g/mol. The third-order valence-corrected chi connectivity index (χ3v) is 5.38. The summed E-state index contributed by atoms with van der Waals surface area (Å²) >= 11 is 3.49. The minimum Gasteiger partial charge on any atom is -0.483 e. The summed E-state index contributed by atoms with van der Waals surface area (Å²) in [6.45, 7) is 8.11. The van der Waals surface area contributed by atoms with E-state index >= 15 is 0 Å². The molecule has 0 aromatic heterocycles. The van der Waals surface area contributed by atoms with Crippen LogP contribution in [0.1, 0.15) is 44.7 Å². The first-order chi connectivity index (χ1) is 14.2.